The Kier molecular flexibility index (Phi) is 5.20. The van der Waals surface area contributed by atoms with Crippen LogP contribution in [0.2, 0.25) is 0 Å². The molecule has 1 amide bonds. The molecular formula is C16H25N3O2. The average molecular weight is 291 g/mol. The SMILES string of the molecule is CC(C)Oc1ccc(C(C)N2CCNCC2C(N)=O)cc1. The number of primary amides is 1. The number of carbonyl (C=O) groups excluding carboxylic acids is 1. The summed E-state index contributed by atoms with van der Waals surface area (Å²) < 4.78 is 5.66. The van der Waals surface area contributed by atoms with Crippen molar-refractivity contribution in [3.8, 4) is 5.75 Å². The van der Waals surface area contributed by atoms with Crippen molar-refractivity contribution in [2.24, 2.45) is 5.73 Å². The standard InChI is InChI=1S/C16H25N3O2/c1-11(2)21-14-6-4-13(5-7-14)12(3)19-9-8-18-10-15(19)16(17)20/h4-7,11-12,15,18H,8-10H2,1-3H3,(H2,17,20). The Hall–Kier alpha value is -1.59. The zero-order chi connectivity index (χ0) is 15.4. The molecule has 1 fully saturated rings. The van der Waals surface area contributed by atoms with Crippen LogP contribution in [0.3, 0.4) is 0 Å². The van der Waals surface area contributed by atoms with Crippen molar-refractivity contribution in [3.63, 3.8) is 0 Å². The zero-order valence-electron chi connectivity index (χ0n) is 13.0. The highest BCUT2D eigenvalue weighted by Crippen LogP contribution is 2.25. The maximum Gasteiger partial charge on any atom is 0.236 e. The van der Waals surface area contributed by atoms with E-state index in [-0.39, 0.29) is 24.1 Å². The third-order valence-electron chi connectivity index (χ3n) is 3.84. The van der Waals surface area contributed by atoms with Crippen LogP contribution in [0, 0.1) is 0 Å². The summed E-state index contributed by atoms with van der Waals surface area (Å²) in [6, 6.07) is 7.98. The minimum absolute atomic E-state index is 0.151. The summed E-state index contributed by atoms with van der Waals surface area (Å²) in [5, 5.41) is 3.22. The van der Waals surface area contributed by atoms with Crippen LogP contribution in [0.5, 0.6) is 5.75 Å². The molecule has 0 aliphatic carbocycles. The quantitative estimate of drug-likeness (QED) is 0.858. The van der Waals surface area contributed by atoms with Gasteiger partial charge < -0.3 is 15.8 Å². The first kappa shape index (κ1) is 15.8. The van der Waals surface area contributed by atoms with E-state index in [0.717, 1.165) is 18.8 Å². The van der Waals surface area contributed by atoms with Crippen molar-refractivity contribution >= 4 is 5.91 Å². The Morgan fingerprint density at radius 3 is 2.57 bits per heavy atom. The fraction of sp³-hybridized carbons (Fsp3) is 0.562. The normalized spacial score (nSPS) is 21.2. The monoisotopic (exact) mass is 291 g/mol. The Morgan fingerprint density at radius 1 is 1.33 bits per heavy atom. The van der Waals surface area contributed by atoms with Gasteiger partial charge in [0.15, 0.2) is 0 Å². The van der Waals surface area contributed by atoms with Crippen molar-refractivity contribution in [1.82, 2.24) is 10.2 Å². The zero-order valence-corrected chi connectivity index (χ0v) is 13.0. The highest BCUT2D eigenvalue weighted by atomic mass is 16.5. The van der Waals surface area contributed by atoms with Crippen LogP contribution >= 0.6 is 0 Å². The second-order valence-corrected chi connectivity index (χ2v) is 5.77. The van der Waals surface area contributed by atoms with E-state index in [0.29, 0.717) is 6.54 Å². The predicted molar refractivity (Wildman–Crippen MR) is 83.2 cm³/mol. The molecule has 1 heterocycles. The van der Waals surface area contributed by atoms with Gasteiger partial charge in [-0.2, -0.15) is 0 Å². The van der Waals surface area contributed by atoms with Gasteiger partial charge in [-0.1, -0.05) is 12.1 Å². The van der Waals surface area contributed by atoms with E-state index >= 15 is 0 Å². The van der Waals surface area contributed by atoms with Crippen LogP contribution in [0.1, 0.15) is 32.4 Å². The van der Waals surface area contributed by atoms with E-state index in [2.05, 4.69) is 29.3 Å². The molecule has 1 saturated heterocycles. The van der Waals surface area contributed by atoms with E-state index < -0.39 is 0 Å². The third kappa shape index (κ3) is 3.95. The first-order valence-corrected chi connectivity index (χ1v) is 7.51. The Bertz CT molecular complexity index is 473. The Morgan fingerprint density at radius 2 is 2.00 bits per heavy atom. The lowest BCUT2D eigenvalue weighted by Gasteiger charge is -2.38. The van der Waals surface area contributed by atoms with E-state index in [9.17, 15) is 4.79 Å². The molecule has 2 unspecified atom stereocenters. The van der Waals surface area contributed by atoms with Gasteiger partial charge in [0.1, 0.15) is 11.8 Å². The van der Waals surface area contributed by atoms with Gasteiger partial charge in [-0.3, -0.25) is 9.69 Å². The molecule has 1 aromatic carbocycles. The van der Waals surface area contributed by atoms with Crippen LogP contribution in [0.25, 0.3) is 0 Å². The molecular weight excluding hydrogens is 266 g/mol. The van der Waals surface area contributed by atoms with Crippen molar-refractivity contribution in [3.05, 3.63) is 29.8 Å². The number of hydrogen-bond donors (Lipinski definition) is 2. The molecule has 1 aliphatic heterocycles. The smallest absolute Gasteiger partial charge is 0.236 e. The summed E-state index contributed by atoms with van der Waals surface area (Å²) in [5.74, 6) is 0.599. The summed E-state index contributed by atoms with van der Waals surface area (Å²) >= 11 is 0. The van der Waals surface area contributed by atoms with Gasteiger partial charge >= 0.3 is 0 Å². The Balaban J connectivity index is 2.10. The minimum Gasteiger partial charge on any atom is -0.491 e. The molecule has 0 aromatic heterocycles. The van der Waals surface area contributed by atoms with Crippen LogP contribution in [0.15, 0.2) is 24.3 Å². The summed E-state index contributed by atoms with van der Waals surface area (Å²) in [4.78, 5) is 13.8. The lowest BCUT2D eigenvalue weighted by Crippen LogP contribution is -2.57. The van der Waals surface area contributed by atoms with E-state index in [1.165, 1.54) is 5.56 Å². The second-order valence-electron chi connectivity index (χ2n) is 5.77. The fourth-order valence-electron chi connectivity index (χ4n) is 2.74. The molecule has 2 rings (SSSR count). The topological polar surface area (TPSA) is 67.6 Å². The summed E-state index contributed by atoms with van der Waals surface area (Å²) in [6.07, 6.45) is 0.167. The number of rotatable bonds is 5. The molecule has 21 heavy (non-hydrogen) atoms. The number of amides is 1. The molecule has 0 bridgehead atoms. The second kappa shape index (κ2) is 6.91. The Labute approximate surface area is 126 Å². The van der Waals surface area contributed by atoms with Crippen molar-refractivity contribution < 1.29 is 9.53 Å². The maximum absolute atomic E-state index is 11.6. The van der Waals surface area contributed by atoms with Gasteiger partial charge in [-0.15, -0.1) is 0 Å². The largest absolute Gasteiger partial charge is 0.491 e. The van der Waals surface area contributed by atoms with E-state index in [4.69, 9.17) is 10.5 Å². The molecule has 2 atom stereocenters. The summed E-state index contributed by atoms with van der Waals surface area (Å²) in [6.45, 7) is 8.44. The highest BCUT2D eigenvalue weighted by Gasteiger charge is 2.30. The van der Waals surface area contributed by atoms with E-state index in [1.807, 2.05) is 26.0 Å². The molecule has 1 aliphatic rings. The first-order chi connectivity index (χ1) is 9.99. The molecule has 0 saturated carbocycles. The number of nitrogens with two attached hydrogens (primary N) is 1. The number of ether oxygens (including phenoxy) is 1. The van der Waals surface area contributed by atoms with Gasteiger partial charge in [-0.25, -0.2) is 0 Å². The highest BCUT2D eigenvalue weighted by molar-refractivity contribution is 5.80. The number of carbonyl (C=O) groups is 1. The van der Waals surface area contributed by atoms with E-state index in [1.54, 1.807) is 0 Å². The molecule has 0 spiro atoms. The summed E-state index contributed by atoms with van der Waals surface area (Å²) in [5.41, 5.74) is 6.68. The third-order valence-corrected chi connectivity index (χ3v) is 3.84. The number of piperazine rings is 1. The van der Waals surface area contributed by atoms with Gasteiger partial charge in [-0.05, 0) is 38.5 Å². The molecule has 116 valence electrons. The maximum atomic E-state index is 11.6. The molecule has 5 nitrogen and oxygen atoms in total. The number of nitrogens with one attached hydrogen (secondary N) is 1. The molecule has 3 N–H and O–H groups in total. The van der Waals surface area contributed by atoms with Gasteiger partial charge in [0, 0.05) is 25.7 Å². The molecule has 0 radical (unpaired) electrons. The number of benzene rings is 1. The van der Waals surface area contributed by atoms with Crippen molar-refractivity contribution in [1.29, 1.82) is 0 Å². The van der Waals surface area contributed by atoms with Crippen LogP contribution in [-0.4, -0.2) is 42.6 Å². The van der Waals surface area contributed by atoms with Gasteiger partial charge in [0.05, 0.1) is 6.10 Å². The lowest BCUT2D eigenvalue weighted by atomic mass is 10.0. The number of nitrogens with zero attached hydrogens (tertiary/aromatic N) is 1. The van der Waals surface area contributed by atoms with Crippen LogP contribution in [-0.2, 0) is 4.79 Å². The first-order valence-electron chi connectivity index (χ1n) is 7.51. The van der Waals surface area contributed by atoms with Crippen molar-refractivity contribution in [2.75, 3.05) is 19.6 Å². The molecule has 5 heteroatoms. The predicted octanol–water partition coefficient (Wildman–Crippen LogP) is 1.29. The van der Waals surface area contributed by atoms with Crippen LogP contribution < -0.4 is 15.8 Å². The average Bonchev–Trinajstić information content (AvgIpc) is 2.46. The van der Waals surface area contributed by atoms with Crippen LogP contribution in [0.4, 0.5) is 0 Å². The van der Waals surface area contributed by atoms with Crippen molar-refractivity contribution in [2.45, 2.75) is 39.0 Å². The van der Waals surface area contributed by atoms with Gasteiger partial charge in [0.25, 0.3) is 0 Å². The van der Waals surface area contributed by atoms with Gasteiger partial charge in [0.2, 0.25) is 5.91 Å². The summed E-state index contributed by atoms with van der Waals surface area (Å²) in [7, 11) is 0. The minimum atomic E-state index is -0.270. The number of hydrogen-bond acceptors (Lipinski definition) is 4. The lowest BCUT2D eigenvalue weighted by molar-refractivity contribution is -0.124. The fourth-order valence-corrected chi connectivity index (χ4v) is 2.74. The molecule has 1 aromatic rings.